The SMILES string of the molecule is COCCCC1CC(C(C)(C)C)C(O)C(C(C)(C)C)C1. The summed E-state index contributed by atoms with van der Waals surface area (Å²) in [6, 6.07) is 0. The molecule has 0 aromatic rings. The number of aliphatic hydroxyl groups excluding tert-OH is 1. The van der Waals surface area contributed by atoms with E-state index in [0.717, 1.165) is 18.9 Å². The first-order valence-electron chi connectivity index (χ1n) is 8.24. The van der Waals surface area contributed by atoms with E-state index < -0.39 is 0 Å². The van der Waals surface area contributed by atoms with Crippen molar-refractivity contribution in [2.75, 3.05) is 13.7 Å². The molecular weight excluding hydrogens is 248 g/mol. The minimum atomic E-state index is -0.159. The van der Waals surface area contributed by atoms with Crippen molar-refractivity contribution in [1.29, 1.82) is 0 Å². The molecule has 0 saturated heterocycles. The second-order valence-corrected chi connectivity index (χ2v) is 8.91. The molecule has 1 fully saturated rings. The molecule has 2 unspecified atom stereocenters. The fourth-order valence-corrected chi connectivity index (χ4v) is 3.86. The lowest BCUT2D eigenvalue weighted by Crippen LogP contribution is -2.47. The molecule has 0 bridgehead atoms. The summed E-state index contributed by atoms with van der Waals surface area (Å²) in [5.74, 6) is 1.56. The van der Waals surface area contributed by atoms with Gasteiger partial charge in [0, 0.05) is 13.7 Å². The van der Waals surface area contributed by atoms with E-state index in [9.17, 15) is 5.11 Å². The Morgan fingerprint density at radius 3 is 1.75 bits per heavy atom. The number of ether oxygens (including phenoxy) is 1. The van der Waals surface area contributed by atoms with Gasteiger partial charge in [0.1, 0.15) is 0 Å². The lowest BCUT2D eigenvalue weighted by Gasteiger charge is -2.49. The van der Waals surface area contributed by atoms with Gasteiger partial charge in [-0.05, 0) is 54.3 Å². The maximum absolute atomic E-state index is 10.9. The molecule has 1 rings (SSSR count). The molecule has 0 aliphatic heterocycles. The smallest absolute Gasteiger partial charge is 0.0606 e. The molecule has 0 aromatic carbocycles. The summed E-state index contributed by atoms with van der Waals surface area (Å²) in [6.07, 6.45) is 4.56. The lowest BCUT2D eigenvalue weighted by atomic mass is 9.58. The number of aliphatic hydroxyl groups is 1. The van der Waals surface area contributed by atoms with Crippen molar-refractivity contribution in [3.8, 4) is 0 Å². The van der Waals surface area contributed by atoms with Gasteiger partial charge in [0.25, 0.3) is 0 Å². The summed E-state index contributed by atoms with van der Waals surface area (Å²) >= 11 is 0. The molecule has 20 heavy (non-hydrogen) atoms. The van der Waals surface area contributed by atoms with Crippen molar-refractivity contribution in [1.82, 2.24) is 0 Å². The highest BCUT2D eigenvalue weighted by Crippen LogP contribution is 2.49. The Kier molecular flexibility index (Phi) is 6.10. The van der Waals surface area contributed by atoms with Gasteiger partial charge in [-0.3, -0.25) is 0 Å². The molecule has 0 spiro atoms. The van der Waals surface area contributed by atoms with Crippen LogP contribution < -0.4 is 0 Å². The number of methoxy groups -OCH3 is 1. The molecule has 0 amide bonds. The van der Waals surface area contributed by atoms with Crippen molar-refractivity contribution in [3.05, 3.63) is 0 Å². The van der Waals surface area contributed by atoms with Crippen LogP contribution in [0.15, 0.2) is 0 Å². The van der Waals surface area contributed by atoms with Crippen LogP contribution in [-0.2, 0) is 4.74 Å². The van der Waals surface area contributed by atoms with Gasteiger partial charge in [0.05, 0.1) is 6.10 Å². The van der Waals surface area contributed by atoms with Gasteiger partial charge in [0.2, 0.25) is 0 Å². The van der Waals surface area contributed by atoms with E-state index in [4.69, 9.17) is 4.74 Å². The minimum absolute atomic E-state index is 0.159. The number of hydrogen-bond acceptors (Lipinski definition) is 2. The average molecular weight is 284 g/mol. The van der Waals surface area contributed by atoms with Crippen LogP contribution in [0, 0.1) is 28.6 Å². The van der Waals surface area contributed by atoms with E-state index >= 15 is 0 Å². The topological polar surface area (TPSA) is 29.5 Å². The predicted octanol–water partition coefficient (Wildman–Crippen LogP) is 4.51. The third-order valence-electron chi connectivity index (χ3n) is 5.18. The fraction of sp³-hybridized carbons (Fsp3) is 1.00. The van der Waals surface area contributed by atoms with Crippen LogP contribution in [0.1, 0.15) is 67.2 Å². The van der Waals surface area contributed by atoms with Gasteiger partial charge < -0.3 is 9.84 Å². The highest BCUT2D eigenvalue weighted by atomic mass is 16.5. The zero-order valence-electron chi connectivity index (χ0n) is 14.7. The third-order valence-corrected chi connectivity index (χ3v) is 5.18. The summed E-state index contributed by atoms with van der Waals surface area (Å²) in [6.45, 7) is 14.5. The van der Waals surface area contributed by atoms with Crippen LogP contribution in [-0.4, -0.2) is 24.9 Å². The summed E-state index contributed by atoms with van der Waals surface area (Å²) in [4.78, 5) is 0. The summed E-state index contributed by atoms with van der Waals surface area (Å²) in [7, 11) is 1.78. The zero-order valence-corrected chi connectivity index (χ0v) is 14.7. The largest absolute Gasteiger partial charge is 0.393 e. The average Bonchev–Trinajstić information content (AvgIpc) is 2.28. The third kappa shape index (κ3) is 4.73. The highest BCUT2D eigenvalue weighted by Gasteiger charge is 2.45. The molecule has 0 radical (unpaired) electrons. The van der Waals surface area contributed by atoms with Gasteiger partial charge in [0.15, 0.2) is 0 Å². The van der Waals surface area contributed by atoms with E-state index in [1.54, 1.807) is 7.11 Å². The van der Waals surface area contributed by atoms with E-state index in [2.05, 4.69) is 41.5 Å². The van der Waals surface area contributed by atoms with Crippen molar-refractivity contribution in [3.63, 3.8) is 0 Å². The first-order valence-corrected chi connectivity index (χ1v) is 8.24. The van der Waals surface area contributed by atoms with Crippen molar-refractivity contribution >= 4 is 0 Å². The Morgan fingerprint density at radius 2 is 1.40 bits per heavy atom. The van der Waals surface area contributed by atoms with Gasteiger partial charge in [-0.25, -0.2) is 0 Å². The highest BCUT2D eigenvalue weighted by molar-refractivity contribution is 4.95. The van der Waals surface area contributed by atoms with Crippen LogP contribution >= 0.6 is 0 Å². The Hall–Kier alpha value is -0.0800. The molecule has 1 N–H and O–H groups in total. The maximum Gasteiger partial charge on any atom is 0.0606 e. The first-order chi connectivity index (χ1) is 9.07. The number of rotatable bonds is 4. The van der Waals surface area contributed by atoms with Gasteiger partial charge in [-0.2, -0.15) is 0 Å². The Balaban J connectivity index is 2.81. The summed E-state index contributed by atoms with van der Waals surface area (Å²) < 4.78 is 5.19. The normalized spacial score (nSPS) is 32.4. The molecule has 1 aliphatic rings. The van der Waals surface area contributed by atoms with Crippen molar-refractivity contribution < 1.29 is 9.84 Å². The lowest BCUT2D eigenvalue weighted by molar-refractivity contribution is -0.0850. The van der Waals surface area contributed by atoms with E-state index in [-0.39, 0.29) is 16.9 Å². The van der Waals surface area contributed by atoms with Crippen molar-refractivity contribution in [2.45, 2.75) is 73.3 Å². The van der Waals surface area contributed by atoms with Crippen LogP contribution in [0.5, 0.6) is 0 Å². The Bertz CT molecular complexity index is 261. The summed E-state index contributed by atoms with van der Waals surface area (Å²) in [5, 5.41) is 10.9. The first kappa shape index (κ1) is 18.0. The maximum atomic E-state index is 10.9. The molecule has 120 valence electrons. The molecule has 2 nitrogen and oxygen atoms in total. The second kappa shape index (κ2) is 6.79. The molecule has 1 aliphatic carbocycles. The Labute approximate surface area is 126 Å². The molecular formula is C18H36O2. The molecule has 2 heteroatoms. The van der Waals surface area contributed by atoms with Crippen molar-refractivity contribution in [2.24, 2.45) is 28.6 Å². The summed E-state index contributed by atoms with van der Waals surface area (Å²) in [5.41, 5.74) is 0.367. The van der Waals surface area contributed by atoms with Crippen LogP contribution in [0.4, 0.5) is 0 Å². The molecule has 1 saturated carbocycles. The fourth-order valence-electron chi connectivity index (χ4n) is 3.86. The van der Waals surface area contributed by atoms with Crippen LogP contribution in [0.2, 0.25) is 0 Å². The van der Waals surface area contributed by atoms with Crippen LogP contribution in [0.25, 0.3) is 0 Å². The van der Waals surface area contributed by atoms with Gasteiger partial charge >= 0.3 is 0 Å². The standard InChI is InChI=1S/C18H36O2/c1-17(2,3)14-11-13(9-8-10-20-7)12-15(16(14)19)18(4,5)6/h13-16,19H,8-12H2,1-7H3. The zero-order chi connectivity index (χ0) is 15.6. The molecule has 0 aromatic heterocycles. The predicted molar refractivity (Wildman–Crippen MR) is 85.7 cm³/mol. The van der Waals surface area contributed by atoms with E-state index in [1.807, 2.05) is 0 Å². The quantitative estimate of drug-likeness (QED) is 0.770. The van der Waals surface area contributed by atoms with Gasteiger partial charge in [-0.15, -0.1) is 0 Å². The monoisotopic (exact) mass is 284 g/mol. The van der Waals surface area contributed by atoms with Crippen LogP contribution in [0.3, 0.4) is 0 Å². The van der Waals surface area contributed by atoms with Gasteiger partial charge in [-0.1, -0.05) is 41.5 Å². The molecule has 2 atom stereocenters. The number of hydrogen-bond donors (Lipinski definition) is 1. The Morgan fingerprint density at radius 1 is 0.950 bits per heavy atom. The second-order valence-electron chi connectivity index (χ2n) is 8.91. The minimum Gasteiger partial charge on any atom is -0.393 e. The van der Waals surface area contributed by atoms with E-state index in [0.29, 0.717) is 11.8 Å². The van der Waals surface area contributed by atoms with E-state index in [1.165, 1.54) is 19.3 Å². The molecule has 0 heterocycles.